The van der Waals surface area contributed by atoms with Gasteiger partial charge < -0.3 is 9.73 Å². The van der Waals surface area contributed by atoms with Crippen LogP contribution >= 0.6 is 0 Å². The molecule has 1 aliphatic heterocycles. The molecule has 0 saturated carbocycles. The van der Waals surface area contributed by atoms with Gasteiger partial charge in [0.05, 0.1) is 6.54 Å². The van der Waals surface area contributed by atoms with Crippen molar-refractivity contribution >= 4 is 0 Å². The van der Waals surface area contributed by atoms with Crippen molar-refractivity contribution < 1.29 is 4.42 Å². The van der Waals surface area contributed by atoms with Gasteiger partial charge in [-0.05, 0) is 51.8 Å². The van der Waals surface area contributed by atoms with Crippen LogP contribution in [0.1, 0.15) is 50.7 Å². The first-order valence-corrected chi connectivity index (χ1v) is 7.64. The SMILES string of the molecule is CCNCc1cc(CN2CCCC(C)C2C)oc1C. The molecule has 1 N–H and O–H groups in total. The molecule has 1 aliphatic rings. The van der Waals surface area contributed by atoms with Crippen LogP contribution in [0.15, 0.2) is 10.5 Å². The average Bonchev–Trinajstić information content (AvgIpc) is 2.73. The van der Waals surface area contributed by atoms with Crippen molar-refractivity contribution in [2.24, 2.45) is 5.92 Å². The van der Waals surface area contributed by atoms with Crippen molar-refractivity contribution in [3.05, 3.63) is 23.2 Å². The molecular weight excluding hydrogens is 236 g/mol. The smallest absolute Gasteiger partial charge is 0.118 e. The highest BCUT2D eigenvalue weighted by atomic mass is 16.3. The molecule has 1 saturated heterocycles. The van der Waals surface area contributed by atoms with Crippen LogP contribution in [0.3, 0.4) is 0 Å². The summed E-state index contributed by atoms with van der Waals surface area (Å²) in [4.78, 5) is 2.56. The Morgan fingerprint density at radius 1 is 1.42 bits per heavy atom. The largest absolute Gasteiger partial charge is 0.465 e. The number of nitrogens with one attached hydrogen (secondary N) is 1. The quantitative estimate of drug-likeness (QED) is 0.884. The summed E-state index contributed by atoms with van der Waals surface area (Å²) in [6.07, 6.45) is 2.68. The van der Waals surface area contributed by atoms with E-state index in [-0.39, 0.29) is 0 Å². The first kappa shape index (κ1) is 14.6. The molecule has 0 spiro atoms. The molecular formula is C16H28N2O. The molecule has 0 aliphatic carbocycles. The molecule has 0 radical (unpaired) electrons. The van der Waals surface area contributed by atoms with Crippen molar-refractivity contribution in [3.8, 4) is 0 Å². The van der Waals surface area contributed by atoms with Crippen molar-refractivity contribution in [2.45, 2.75) is 59.7 Å². The second kappa shape index (κ2) is 6.58. The normalized spacial score (nSPS) is 24.8. The maximum absolute atomic E-state index is 5.92. The van der Waals surface area contributed by atoms with E-state index in [0.29, 0.717) is 6.04 Å². The number of furan rings is 1. The second-order valence-electron chi connectivity index (χ2n) is 5.91. The lowest BCUT2D eigenvalue weighted by atomic mass is 9.92. The fraction of sp³-hybridized carbons (Fsp3) is 0.750. The van der Waals surface area contributed by atoms with Crippen molar-refractivity contribution in [1.82, 2.24) is 10.2 Å². The van der Waals surface area contributed by atoms with E-state index in [4.69, 9.17) is 4.42 Å². The zero-order valence-corrected chi connectivity index (χ0v) is 12.8. The van der Waals surface area contributed by atoms with Crippen LogP contribution in [0.2, 0.25) is 0 Å². The van der Waals surface area contributed by atoms with E-state index < -0.39 is 0 Å². The lowest BCUT2D eigenvalue weighted by molar-refractivity contribution is 0.0983. The second-order valence-corrected chi connectivity index (χ2v) is 5.91. The molecule has 2 unspecified atom stereocenters. The summed E-state index contributed by atoms with van der Waals surface area (Å²) >= 11 is 0. The number of hydrogen-bond donors (Lipinski definition) is 1. The molecule has 3 nitrogen and oxygen atoms in total. The summed E-state index contributed by atoms with van der Waals surface area (Å²) in [6.45, 7) is 13.0. The zero-order chi connectivity index (χ0) is 13.8. The van der Waals surface area contributed by atoms with Crippen molar-refractivity contribution in [3.63, 3.8) is 0 Å². The molecule has 2 heterocycles. The van der Waals surface area contributed by atoms with Crippen LogP contribution in [0, 0.1) is 12.8 Å². The average molecular weight is 264 g/mol. The fourth-order valence-electron chi connectivity index (χ4n) is 2.94. The van der Waals surface area contributed by atoms with Crippen LogP contribution in [-0.4, -0.2) is 24.0 Å². The maximum Gasteiger partial charge on any atom is 0.118 e. The summed E-state index contributed by atoms with van der Waals surface area (Å²) in [5.41, 5.74) is 1.30. The lowest BCUT2D eigenvalue weighted by Crippen LogP contribution is -2.41. The lowest BCUT2D eigenvalue weighted by Gasteiger charge is -2.37. The Morgan fingerprint density at radius 2 is 2.21 bits per heavy atom. The van der Waals surface area contributed by atoms with Gasteiger partial charge in [-0.2, -0.15) is 0 Å². The Morgan fingerprint density at radius 3 is 2.95 bits per heavy atom. The third kappa shape index (κ3) is 3.61. The van der Waals surface area contributed by atoms with E-state index in [1.54, 1.807) is 0 Å². The molecule has 108 valence electrons. The van der Waals surface area contributed by atoms with Gasteiger partial charge in [-0.15, -0.1) is 0 Å². The molecule has 0 bridgehead atoms. The molecule has 1 aromatic heterocycles. The number of aryl methyl sites for hydroxylation is 1. The molecule has 0 amide bonds. The zero-order valence-electron chi connectivity index (χ0n) is 12.8. The summed E-state index contributed by atoms with van der Waals surface area (Å²) in [5, 5.41) is 3.36. The van der Waals surface area contributed by atoms with Crippen molar-refractivity contribution in [2.75, 3.05) is 13.1 Å². The molecule has 1 fully saturated rings. The van der Waals surface area contributed by atoms with Gasteiger partial charge in [0.15, 0.2) is 0 Å². The summed E-state index contributed by atoms with van der Waals surface area (Å²) in [6, 6.07) is 2.89. The van der Waals surface area contributed by atoms with E-state index in [2.05, 4.69) is 44.0 Å². The Bertz CT molecular complexity index is 399. The minimum atomic E-state index is 0.663. The first-order valence-electron chi connectivity index (χ1n) is 7.64. The Labute approximate surface area is 117 Å². The third-order valence-corrected chi connectivity index (χ3v) is 4.50. The predicted molar refractivity (Wildman–Crippen MR) is 79.1 cm³/mol. The predicted octanol–water partition coefficient (Wildman–Crippen LogP) is 3.32. The van der Waals surface area contributed by atoms with Crippen LogP contribution in [0.5, 0.6) is 0 Å². The highest BCUT2D eigenvalue weighted by Crippen LogP contribution is 2.25. The van der Waals surface area contributed by atoms with E-state index in [1.807, 2.05) is 0 Å². The summed E-state index contributed by atoms with van der Waals surface area (Å²) < 4.78 is 5.92. The van der Waals surface area contributed by atoms with E-state index >= 15 is 0 Å². The van der Waals surface area contributed by atoms with Gasteiger partial charge in [0.1, 0.15) is 11.5 Å². The topological polar surface area (TPSA) is 28.4 Å². The minimum absolute atomic E-state index is 0.663. The molecule has 1 aromatic rings. The number of rotatable bonds is 5. The molecule has 2 rings (SSSR count). The van der Waals surface area contributed by atoms with Crippen LogP contribution in [-0.2, 0) is 13.1 Å². The van der Waals surface area contributed by atoms with Crippen LogP contribution in [0.4, 0.5) is 0 Å². The number of hydrogen-bond acceptors (Lipinski definition) is 3. The van der Waals surface area contributed by atoms with Gasteiger partial charge in [-0.1, -0.05) is 13.8 Å². The number of piperidine rings is 1. The minimum Gasteiger partial charge on any atom is -0.465 e. The summed E-state index contributed by atoms with van der Waals surface area (Å²) in [5.74, 6) is 2.98. The highest BCUT2D eigenvalue weighted by molar-refractivity contribution is 5.20. The van der Waals surface area contributed by atoms with Gasteiger partial charge >= 0.3 is 0 Å². The number of likely N-dealkylation sites (tertiary alicyclic amines) is 1. The maximum atomic E-state index is 5.92. The molecule has 0 aromatic carbocycles. The summed E-state index contributed by atoms with van der Waals surface area (Å²) in [7, 11) is 0. The van der Waals surface area contributed by atoms with Gasteiger partial charge in [0, 0.05) is 18.2 Å². The Kier molecular flexibility index (Phi) is 5.06. The van der Waals surface area contributed by atoms with Gasteiger partial charge in [-0.25, -0.2) is 0 Å². The van der Waals surface area contributed by atoms with Crippen LogP contribution < -0.4 is 5.32 Å². The molecule has 3 heteroatoms. The first-order chi connectivity index (χ1) is 9.11. The fourth-order valence-corrected chi connectivity index (χ4v) is 2.94. The number of nitrogens with zero attached hydrogens (tertiary/aromatic N) is 1. The van der Waals surface area contributed by atoms with Gasteiger partial charge in [0.2, 0.25) is 0 Å². The Balaban J connectivity index is 1.98. The Hall–Kier alpha value is -0.800. The third-order valence-electron chi connectivity index (χ3n) is 4.50. The monoisotopic (exact) mass is 264 g/mol. The molecule has 19 heavy (non-hydrogen) atoms. The van der Waals surface area contributed by atoms with E-state index in [0.717, 1.165) is 37.1 Å². The van der Waals surface area contributed by atoms with Gasteiger partial charge in [-0.3, -0.25) is 4.90 Å². The highest BCUT2D eigenvalue weighted by Gasteiger charge is 2.25. The molecule has 2 atom stereocenters. The van der Waals surface area contributed by atoms with Crippen LogP contribution in [0.25, 0.3) is 0 Å². The van der Waals surface area contributed by atoms with E-state index in [9.17, 15) is 0 Å². The standard InChI is InChI=1S/C16H28N2O/c1-5-17-10-15-9-16(19-14(15)4)11-18-8-6-7-12(2)13(18)3/h9,12-13,17H,5-8,10-11H2,1-4H3. The van der Waals surface area contributed by atoms with E-state index in [1.165, 1.54) is 24.9 Å². The van der Waals surface area contributed by atoms with Gasteiger partial charge in [0.25, 0.3) is 0 Å². The van der Waals surface area contributed by atoms with Crippen molar-refractivity contribution in [1.29, 1.82) is 0 Å².